The van der Waals surface area contributed by atoms with Gasteiger partial charge in [0.05, 0.1) is 11.0 Å². The van der Waals surface area contributed by atoms with Crippen molar-refractivity contribution >= 4 is 10.0 Å². The molecule has 150 valence electrons. The monoisotopic (exact) mass is 403 g/mol. The average molecular weight is 404 g/mol. The number of hydrogen-bond donors (Lipinski definition) is 1. The summed E-state index contributed by atoms with van der Waals surface area (Å²) in [6, 6.07) is 9.20. The molecule has 28 heavy (non-hydrogen) atoms. The van der Waals surface area contributed by atoms with Crippen LogP contribution in [-0.4, -0.2) is 40.9 Å². The predicted octanol–water partition coefficient (Wildman–Crippen LogP) is 3.20. The Morgan fingerprint density at radius 1 is 1.00 bits per heavy atom. The first-order valence-corrected chi connectivity index (χ1v) is 11.0. The molecule has 1 unspecified atom stereocenters. The maximum Gasteiger partial charge on any atom is 0.241 e. The van der Waals surface area contributed by atoms with E-state index in [2.05, 4.69) is 4.72 Å². The number of rotatable bonds is 5. The van der Waals surface area contributed by atoms with E-state index in [1.54, 1.807) is 6.07 Å². The minimum absolute atomic E-state index is 0.0564. The Morgan fingerprint density at radius 3 is 2.50 bits per heavy atom. The van der Waals surface area contributed by atoms with Gasteiger partial charge >= 0.3 is 0 Å². The molecule has 1 fully saturated rings. The van der Waals surface area contributed by atoms with Crippen LogP contribution in [0.4, 0.5) is 0 Å². The van der Waals surface area contributed by atoms with Crippen molar-refractivity contribution in [1.29, 1.82) is 0 Å². The fraction of sp³-hybridized carbons (Fsp3) is 0.429. The molecule has 0 amide bonds. The topological polar surface area (TPSA) is 73.9 Å². The van der Waals surface area contributed by atoms with Gasteiger partial charge in [-0.05, 0) is 67.6 Å². The Kier molecular flexibility index (Phi) is 5.31. The van der Waals surface area contributed by atoms with Gasteiger partial charge < -0.3 is 14.2 Å². The van der Waals surface area contributed by atoms with Crippen LogP contribution in [-0.2, 0) is 14.8 Å². The second-order valence-corrected chi connectivity index (χ2v) is 9.01. The lowest BCUT2D eigenvalue weighted by atomic mass is 10.00. The number of hydrogen-bond acceptors (Lipinski definition) is 5. The summed E-state index contributed by atoms with van der Waals surface area (Å²) in [6.07, 6.45) is 1.79. The fourth-order valence-corrected chi connectivity index (χ4v) is 4.89. The van der Waals surface area contributed by atoms with E-state index in [9.17, 15) is 8.42 Å². The molecule has 1 N–H and O–H groups in total. The van der Waals surface area contributed by atoms with Crippen LogP contribution in [0.1, 0.15) is 24.0 Å². The highest BCUT2D eigenvalue weighted by Gasteiger charge is 2.24. The third-order valence-corrected chi connectivity index (χ3v) is 6.73. The first kappa shape index (κ1) is 19.2. The minimum Gasteiger partial charge on any atom is -0.486 e. The van der Waals surface area contributed by atoms with E-state index in [4.69, 9.17) is 14.2 Å². The molecule has 2 aromatic rings. The quantitative estimate of drug-likeness (QED) is 0.830. The number of ether oxygens (including phenoxy) is 3. The van der Waals surface area contributed by atoms with Crippen molar-refractivity contribution in [3.8, 4) is 22.6 Å². The summed E-state index contributed by atoms with van der Waals surface area (Å²) >= 11 is 0. The third-order valence-electron chi connectivity index (χ3n) is 5.26. The van der Waals surface area contributed by atoms with Crippen LogP contribution < -0.4 is 14.2 Å². The van der Waals surface area contributed by atoms with Crippen molar-refractivity contribution in [2.75, 3.05) is 26.4 Å². The Bertz CT molecular complexity index is 981. The summed E-state index contributed by atoms with van der Waals surface area (Å²) in [5, 5.41) is 0. The van der Waals surface area contributed by atoms with Gasteiger partial charge in [-0.3, -0.25) is 0 Å². The first-order valence-electron chi connectivity index (χ1n) is 9.56. The predicted molar refractivity (Wildman–Crippen MR) is 107 cm³/mol. The number of aryl methyl sites for hydroxylation is 2. The van der Waals surface area contributed by atoms with Gasteiger partial charge in [-0.15, -0.1) is 0 Å². The molecule has 1 atom stereocenters. The molecule has 2 aliphatic heterocycles. The average Bonchev–Trinajstić information content (AvgIpc) is 3.21. The third kappa shape index (κ3) is 3.87. The molecule has 4 rings (SSSR count). The second-order valence-electron chi connectivity index (χ2n) is 7.28. The highest BCUT2D eigenvalue weighted by molar-refractivity contribution is 7.89. The van der Waals surface area contributed by atoms with E-state index in [1.165, 1.54) is 0 Å². The zero-order valence-corrected chi connectivity index (χ0v) is 17.0. The van der Waals surface area contributed by atoms with E-state index in [0.29, 0.717) is 36.9 Å². The highest BCUT2D eigenvalue weighted by Crippen LogP contribution is 2.37. The molecule has 1 saturated heterocycles. The maximum absolute atomic E-state index is 13.1. The molecular weight excluding hydrogens is 378 g/mol. The summed E-state index contributed by atoms with van der Waals surface area (Å²) < 4.78 is 45.8. The summed E-state index contributed by atoms with van der Waals surface area (Å²) in [7, 11) is -3.69. The van der Waals surface area contributed by atoms with Crippen molar-refractivity contribution < 1.29 is 22.6 Å². The van der Waals surface area contributed by atoms with E-state index >= 15 is 0 Å². The van der Waals surface area contributed by atoms with Crippen LogP contribution in [0.5, 0.6) is 11.5 Å². The normalized spacial score (nSPS) is 19.0. The van der Waals surface area contributed by atoms with Crippen molar-refractivity contribution in [2.24, 2.45) is 0 Å². The Hall–Kier alpha value is -2.09. The van der Waals surface area contributed by atoms with Crippen LogP contribution in [0.25, 0.3) is 11.1 Å². The van der Waals surface area contributed by atoms with Gasteiger partial charge in [-0.1, -0.05) is 6.07 Å². The van der Waals surface area contributed by atoms with E-state index in [1.807, 2.05) is 38.1 Å². The lowest BCUT2D eigenvalue weighted by molar-refractivity contribution is 0.114. The Labute approximate surface area is 165 Å². The molecule has 0 radical (unpaired) electrons. The standard InChI is InChI=1S/C21H25NO5S/c1-14-10-18(16-5-6-19-20(12-16)27-9-8-26-19)21(11-15(14)2)28(23,24)22-13-17-4-3-7-25-17/h5-6,10-12,17,22H,3-4,7-9,13H2,1-2H3. The smallest absolute Gasteiger partial charge is 0.241 e. The van der Waals surface area contributed by atoms with Gasteiger partial charge in [-0.2, -0.15) is 0 Å². The van der Waals surface area contributed by atoms with Gasteiger partial charge in [0.2, 0.25) is 10.0 Å². The van der Waals surface area contributed by atoms with Crippen molar-refractivity contribution in [3.05, 3.63) is 41.5 Å². The molecule has 2 aromatic carbocycles. The van der Waals surface area contributed by atoms with Crippen LogP contribution in [0.2, 0.25) is 0 Å². The molecule has 0 spiro atoms. The van der Waals surface area contributed by atoms with E-state index in [-0.39, 0.29) is 17.5 Å². The van der Waals surface area contributed by atoms with Gasteiger partial charge in [0.25, 0.3) is 0 Å². The lowest BCUT2D eigenvalue weighted by Gasteiger charge is -2.20. The van der Waals surface area contributed by atoms with Gasteiger partial charge in [0.1, 0.15) is 13.2 Å². The molecule has 7 heteroatoms. The molecule has 0 aliphatic carbocycles. The molecule has 0 bridgehead atoms. The summed E-state index contributed by atoms with van der Waals surface area (Å²) in [5.41, 5.74) is 3.39. The van der Waals surface area contributed by atoms with Crippen molar-refractivity contribution in [1.82, 2.24) is 4.72 Å². The Morgan fingerprint density at radius 2 is 1.75 bits per heavy atom. The van der Waals surface area contributed by atoms with E-state index in [0.717, 1.165) is 29.5 Å². The summed E-state index contributed by atoms with van der Waals surface area (Å²) in [4.78, 5) is 0.269. The first-order chi connectivity index (χ1) is 13.4. The molecule has 0 saturated carbocycles. The molecule has 2 heterocycles. The number of sulfonamides is 1. The largest absolute Gasteiger partial charge is 0.486 e. The maximum atomic E-state index is 13.1. The molecule has 0 aromatic heterocycles. The molecular formula is C21H25NO5S. The van der Waals surface area contributed by atoms with E-state index < -0.39 is 10.0 Å². The SMILES string of the molecule is Cc1cc(-c2ccc3c(c2)OCCO3)c(S(=O)(=O)NCC2CCCO2)cc1C. The Balaban J connectivity index is 1.72. The zero-order valence-electron chi connectivity index (χ0n) is 16.2. The number of benzene rings is 2. The number of fused-ring (bicyclic) bond motifs is 1. The van der Waals surface area contributed by atoms with Gasteiger partial charge in [0, 0.05) is 18.7 Å². The van der Waals surface area contributed by atoms with Crippen LogP contribution in [0.15, 0.2) is 35.2 Å². The molecule has 2 aliphatic rings. The number of nitrogens with one attached hydrogen (secondary N) is 1. The van der Waals surface area contributed by atoms with Crippen LogP contribution in [0.3, 0.4) is 0 Å². The summed E-state index contributed by atoms with van der Waals surface area (Å²) in [6.45, 7) is 5.88. The highest BCUT2D eigenvalue weighted by atomic mass is 32.2. The fourth-order valence-electron chi connectivity index (χ4n) is 3.53. The lowest BCUT2D eigenvalue weighted by Crippen LogP contribution is -2.32. The van der Waals surface area contributed by atoms with Gasteiger partial charge in [0.15, 0.2) is 11.5 Å². The van der Waals surface area contributed by atoms with Crippen LogP contribution in [0, 0.1) is 13.8 Å². The zero-order chi connectivity index (χ0) is 19.7. The van der Waals surface area contributed by atoms with Crippen molar-refractivity contribution in [3.63, 3.8) is 0 Å². The van der Waals surface area contributed by atoms with Crippen molar-refractivity contribution in [2.45, 2.75) is 37.7 Å². The van der Waals surface area contributed by atoms with Crippen LogP contribution >= 0.6 is 0 Å². The van der Waals surface area contributed by atoms with Gasteiger partial charge in [-0.25, -0.2) is 13.1 Å². The molecule has 6 nitrogen and oxygen atoms in total. The summed E-state index contributed by atoms with van der Waals surface area (Å²) in [5.74, 6) is 1.32. The minimum atomic E-state index is -3.69. The second kappa shape index (κ2) is 7.73.